The number of urea groups is 1. The Bertz CT molecular complexity index is 336. The minimum absolute atomic E-state index is 0.000777. The Morgan fingerprint density at radius 2 is 2.56 bits per heavy atom. The van der Waals surface area contributed by atoms with E-state index in [1.807, 2.05) is 12.3 Å². The Labute approximate surface area is 98.4 Å². The minimum atomic E-state index is 0.000777. The van der Waals surface area contributed by atoms with E-state index < -0.39 is 0 Å². The zero-order chi connectivity index (χ0) is 11.4. The van der Waals surface area contributed by atoms with Crippen LogP contribution in [0.3, 0.4) is 0 Å². The topological polar surface area (TPSA) is 54.5 Å². The van der Waals surface area contributed by atoms with Crippen molar-refractivity contribution in [2.75, 3.05) is 19.6 Å². The Morgan fingerprint density at radius 1 is 1.75 bits per heavy atom. The van der Waals surface area contributed by atoms with Crippen molar-refractivity contribution in [3.05, 3.63) is 11.6 Å². The number of thiazole rings is 1. The third kappa shape index (κ3) is 2.63. The summed E-state index contributed by atoms with van der Waals surface area (Å²) in [7, 11) is 0. The lowest BCUT2D eigenvalue weighted by Gasteiger charge is -2.38. The summed E-state index contributed by atoms with van der Waals surface area (Å²) in [6.45, 7) is 4.06. The highest BCUT2D eigenvalue weighted by molar-refractivity contribution is 7.11. The number of rotatable bonds is 4. The summed E-state index contributed by atoms with van der Waals surface area (Å²) in [6, 6.07) is 0.000777. The van der Waals surface area contributed by atoms with E-state index in [4.69, 9.17) is 4.74 Å². The second kappa shape index (κ2) is 5.16. The number of ether oxygens (including phenoxy) is 1. The zero-order valence-corrected chi connectivity index (χ0v) is 10.00. The molecule has 0 aliphatic carbocycles. The molecular weight excluding hydrogens is 226 g/mol. The molecule has 2 heterocycles. The van der Waals surface area contributed by atoms with Crippen LogP contribution in [-0.2, 0) is 0 Å². The van der Waals surface area contributed by atoms with Crippen molar-refractivity contribution in [1.29, 1.82) is 0 Å². The van der Waals surface area contributed by atoms with Gasteiger partial charge in [-0.15, -0.1) is 0 Å². The number of amides is 2. The summed E-state index contributed by atoms with van der Waals surface area (Å²) in [5, 5.41) is 5.39. The van der Waals surface area contributed by atoms with Crippen LogP contribution in [0.4, 0.5) is 4.79 Å². The van der Waals surface area contributed by atoms with Crippen molar-refractivity contribution < 1.29 is 9.53 Å². The van der Waals surface area contributed by atoms with Crippen molar-refractivity contribution in [1.82, 2.24) is 15.2 Å². The third-order valence-corrected chi connectivity index (χ3v) is 3.00. The van der Waals surface area contributed by atoms with Crippen molar-refractivity contribution >= 4 is 17.4 Å². The van der Waals surface area contributed by atoms with Crippen LogP contribution < -0.4 is 10.1 Å². The molecule has 0 unspecified atom stereocenters. The Balaban J connectivity index is 1.67. The Hall–Kier alpha value is -1.30. The Kier molecular flexibility index (Phi) is 3.61. The molecule has 16 heavy (non-hydrogen) atoms. The lowest BCUT2D eigenvalue weighted by molar-refractivity contribution is 0.0443. The maximum Gasteiger partial charge on any atom is 0.317 e. The van der Waals surface area contributed by atoms with E-state index in [-0.39, 0.29) is 12.1 Å². The van der Waals surface area contributed by atoms with Gasteiger partial charge < -0.3 is 15.0 Å². The summed E-state index contributed by atoms with van der Waals surface area (Å²) < 4.78 is 5.56. The van der Waals surface area contributed by atoms with Gasteiger partial charge in [0, 0.05) is 18.1 Å². The second-order valence-electron chi connectivity index (χ2n) is 3.67. The molecule has 0 aromatic carbocycles. The fraction of sp³-hybridized carbons (Fsp3) is 0.600. The van der Waals surface area contributed by atoms with Gasteiger partial charge in [-0.3, -0.25) is 0 Å². The first-order chi connectivity index (χ1) is 7.79. The molecule has 1 N–H and O–H groups in total. The molecule has 1 aliphatic rings. The van der Waals surface area contributed by atoms with Gasteiger partial charge in [0.15, 0.2) is 0 Å². The van der Waals surface area contributed by atoms with Gasteiger partial charge in [0.05, 0.1) is 13.1 Å². The highest BCUT2D eigenvalue weighted by atomic mass is 32.1. The van der Waals surface area contributed by atoms with Crippen LogP contribution in [0.5, 0.6) is 5.19 Å². The van der Waals surface area contributed by atoms with E-state index in [2.05, 4.69) is 10.3 Å². The van der Waals surface area contributed by atoms with Gasteiger partial charge in [-0.05, 0) is 6.42 Å². The summed E-state index contributed by atoms with van der Waals surface area (Å²) in [5.41, 5.74) is 0. The molecule has 0 saturated carbocycles. The summed E-state index contributed by atoms with van der Waals surface area (Å²) in [4.78, 5) is 17.3. The fourth-order valence-electron chi connectivity index (χ4n) is 1.43. The fourth-order valence-corrected chi connectivity index (χ4v) is 1.98. The molecule has 0 bridgehead atoms. The van der Waals surface area contributed by atoms with E-state index in [0.717, 1.165) is 13.0 Å². The third-order valence-electron chi connectivity index (χ3n) is 2.34. The van der Waals surface area contributed by atoms with Crippen LogP contribution in [0, 0.1) is 0 Å². The van der Waals surface area contributed by atoms with Crippen LogP contribution in [-0.4, -0.2) is 41.7 Å². The van der Waals surface area contributed by atoms with E-state index >= 15 is 0 Å². The predicted octanol–water partition coefficient (Wildman–Crippen LogP) is 1.33. The summed E-state index contributed by atoms with van der Waals surface area (Å²) >= 11 is 1.47. The first-order valence-electron chi connectivity index (χ1n) is 5.38. The van der Waals surface area contributed by atoms with Gasteiger partial charge >= 0.3 is 6.03 Å². The zero-order valence-electron chi connectivity index (χ0n) is 9.18. The molecule has 5 nitrogen and oxygen atoms in total. The van der Waals surface area contributed by atoms with E-state index in [0.29, 0.717) is 18.3 Å². The number of aromatic nitrogens is 1. The maximum atomic E-state index is 11.5. The first kappa shape index (κ1) is 11.2. The predicted molar refractivity (Wildman–Crippen MR) is 61.8 cm³/mol. The van der Waals surface area contributed by atoms with E-state index in [1.54, 1.807) is 11.1 Å². The van der Waals surface area contributed by atoms with Gasteiger partial charge in [0.2, 0.25) is 0 Å². The average Bonchev–Trinajstić information content (AvgIpc) is 2.72. The Morgan fingerprint density at radius 3 is 3.19 bits per heavy atom. The number of carbonyl (C=O) groups is 1. The van der Waals surface area contributed by atoms with Gasteiger partial charge in [-0.2, -0.15) is 0 Å². The SMILES string of the molecule is CCCNC(=O)N1CC(Oc2nccs2)C1. The number of hydrogen-bond donors (Lipinski definition) is 1. The largest absolute Gasteiger partial charge is 0.463 e. The average molecular weight is 241 g/mol. The number of carbonyl (C=O) groups excluding carboxylic acids is 1. The van der Waals surface area contributed by atoms with Crippen LogP contribution in [0.1, 0.15) is 13.3 Å². The molecular formula is C10H15N3O2S. The van der Waals surface area contributed by atoms with Crippen LogP contribution in [0.15, 0.2) is 11.6 Å². The molecule has 0 atom stereocenters. The van der Waals surface area contributed by atoms with Gasteiger partial charge in [0.1, 0.15) is 6.10 Å². The van der Waals surface area contributed by atoms with Crippen LogP contribution in [0.2, 0.25) is 0 Å². The normalized spacial score (nSPS) is 15.7. The number of likely N-dealkylation sites (tertiary alicyclic amines) is 1. The van der Waals surface area contributed by atoms with Gasteiger partial charge in [-0.1, -0.05) is 18.3 Å². The lowest BCUT2D eigenvalue weighted by Crippen LogP contribution is -2.58. The van der Waals surface area contributed by atoms with Crippen molar-refractivity contribution in [2.24, 2.45) is 0 Å². The number of nitrogens with zero attached hydrogens (tertiary/aromatic N) is 2. The molecule has 0 spiro atoms. The molecule has 1 aromatic rings. The van der Waals surface area contributed by atoms with Crippen LogP contribution in [0.25, 0.3) is 0 Å². The molecule has 6 heteroatoms. The molecule has 2 amide bonds. The van der Waals surface area contributed by atoms with E-state index in [1.165, 1.54) is 11.3 Å². The highest BCUT2D eigenvalue weighted by Crippen LogP contribution is 2.19. The summed E-state index contributed by atoms with van der Waals surface area (Å²) in [5.74, 6) is 0. The molecule has 1 fully saturated rings. The van der Waals surface area contributed by atoms with Crippen molar-refractivity contribution in [3.8, 4) is 5.19 Å². The van der Waals surface area contributed by atoms with E-state index in [9.17, 15) is 4.79 Å². The molecule has 0 radical (unpaired) electrons. The van der Waals surface area contributed by atoms with Crippen LogP contribution >= 0.6 is 11.3 Å². The lowest BCUT2D eigenvalue weighted by atomic mass is 10.2. The molecule has 1 aliphatic heterocycles. The molecule has 88 valence electrons. The van der Waals surface area contributed by atoms with Gasteiger partial charge in [0.25, 0.3) is 5.19 Å². The molecule has 1 saturated heterocycles. The van der Waals surface area contributed by atoms with Crippen molar-refractivity contribution in [3.63, 3.8) is 0 Å². The quantitative estimate of drug-likeness (QED) is 0.865. The second-order valence-corrected chi connectivity index (χ2v) is 4.53. The first-order valence-corrected chi connectivity index (χ1v) is 6.26. The number of nitrogens with one attached hydrogen (secondary N) is 1. The molecule has 1 aromatic heterocycles. The molecule has 2 rings (SSSR count). The standard InChI is InChI=1S/C10H15N3O2S/c1-2-3-11-9(14)13-6-8(7-13)15-10-12-4-5-16-10/h4-5,8H,2-3,6-7H2,1H3,(H,11,14). The number of hydrogen-bond acceptors (Lipinski definition) is 4. The monoisotopic (exact) mass is 241 g/mol. The highest BCUT2D eigenvalue weighted by Gasteiger charge is 2.32. The summed E-state index contributed by atoms with van der Waals surface area (Å²) in [6.07, 6.45) is 2.77. The smallest absolute Gasteiger partial charge is 0.317 e. The van der Waals surface area contributed by atoms with Crippen molar-refractivity contribution in [2.45, 2.75) is 19.4 Å². The minimum Gasteiger partial charge on any atom is -0.463 e. The maximum absolute atomic E-state index is 11.5. The van der Waals surface area contributed by atoms with Gasteiger partial charge in [-0.25, -0.2) is 9.78 Å².